The van der Waals surface area contributed by atoms with Crippen LogP contribution in [0, 0.1) is 5.82 Å². The van der Waals surface area contributed by atoms with Crippen molar-refractivity contribution in [3.8, 4) is 5.75 Å². The molecule has 0 saturated heterocycles. The van der Waals surface area contributed by atoms with Crippen LogP contribution in [-0.2, 0) is 11.8 Å². The van der Waals surface area contributed by atoms with Crippen LogP contribution in [0.15, 0.2) is 48.8 Å². The molecule has 1 aliphatic rings. The second kappa shape index (κ2) is 10.8. The minimum absolute atomic E-state index is 0. The molecule has 0 unspecified atom stereocenters. The summed E-state index contributed by atoms with van der Waals surface area (Å²) in [4.78, 5) is 4.02. The molecule has 0 bridgehead atoms. The summed E-state index contributed by atoms with van der Waals surface area (Å²) in [5.74, 6) is -0.120. The fourth-order valence-corrected chi connectivity index (χ4v) is 4.38. The molecular formula is C27H34F4N2O2. The number of hydrogen-bond acceptors (Lipinski definition) is 4. The number of aromatic nitrogens is 1. The van der Waals surface area contributed by atoms with Gasteiger partial charge in [0.25, 0.3) is 0 Å². The average Bonchev–Trinajstić information content (AvgIpc) is 3.25. The number of nitrogens with one attached hydrogen (secondary N) is 1. The summed E-state index contributed by atoms with van der Waals surface area (Å²) in [5.41, 5.74) is -2.87. The molecule has 192 valence electrons. The van der Waals surface area contributed by atoms with Gasteiger partial charge >= 0.3 is 6.18 Å². The van der Waals surface area contributed by atoms with Crippen LogP contribution in [0.2, 0.25) is 0 Å². The van der Waals surface area contributed by atoms with Crippen LogP contribution in [-0.4, -0.2) is 35.0 Å². The summed E-state index contributed by atoms with van der Waals surface area (Å²) in [6.07, 6.45) is -1.93. The molecule has 3 aromatic rings. The molecule has 4 nitrogen and oxygen atoms in total. The first-order valence-electron chi connectivity index (χ1n) is 11.3. The second-order valence-electron chi connectivity index (χ2n) is 8.89. The number of nitrogens with zero attached hydrogens (tertiary/aromatic N) is 1. The lowest BCUT2D eigenvalue weighted by molar-refractivity contribution is -0.260. The van der Waals surface area contributed by atoms with Gasteiger partial charge < -0.3 is 15.2 Å². The molecule has 0 amide bonds. The lowest BCUT2D eigenvalue weighted by Gasteiger charge is -2.38. The molecule has 2 aromatic carbocycles. The number of alkyl halides is 3. The van der Waals surface area contributed by atoms with Crippen molar-refractivity contribution in [2.24, 2.45) is 0 Å². The Labute approximate surface area is 204 Å². The maximum absolute atomic E-state index is 14.2. The maximum atomic E-state index is 14.2. The van der Waals surface area contributed by atoms with Crippen molar-refractivity contribution in [1.29, 1.82) is 0 Å². The van der Waals surface area contributed by atoms with E-state index in [1.807, 2.05) is 13.8 Å². The minimum atomic E-state index is -4.92. The number of rotatable bonds is 6. The van der Waals surface area contributed by atoms with Crippen molar-refractivity contribution >= 4 is 16.5 Å². The van der Waals surface area contributed by atoms with E-state index in [9.17, 15) is 22.7 Å². The standard InChI is InChI=1S/C24H24F4N2O2.C2H6.CH4/c1-22(2,19-11-17(25)10-15-7-9-32-21(15)19)13-23(31,24(26,27)28)14-30-20-5-3-4-16-12-29-8-6-18(16)20;1-2;/h3-6,8,10-12,30-31H,7,9,13-14H2,1-2H3;1-2H3;1H4/t23-;;/m0../s1. The third-order valence-electron chi connectivity index (χ3n) is 5.99. The Morgan fingerprint density at radius 2 is 1.83 bits per heavy atom. The molecule has 8 heteroatoms. The average molecular weight is 495 g/mol. The molecule has 0 aliphatic carbocycles. The van der Waals surface area contributed by atoms with Gasteiger partial charge in [-0.25, -0.2) is 4.39 Å². The number of ether oxygens (including phenoxy) is 1. The summed E-state index contributed by atoms with van der Waals surface area (Å²) in [6.45, 7) is 6.71. The van der Waals surface area contributed by atoms with Crippen molar-refractivity contribution in [3.63, 3.8) is 0 Å². The zero-order valence-corrected chi connectivity index (χ0v) is 19.8. The molecule has 2 heterocycles. The van der Waals surface area contributed by atoms with E-state index in [0.717, 1.165) is 5.39 Å². The number of halogens is 4. The van der Waals surface area contributed by atoms with Gasteiger partial charge in [0.15, 0.2) is 5.60 Å². The first-order valence-corrected chi connectivity index (χ1v) is 11.3. The molecule has 1 aliphatic heterocycles. The molecule has 2 N–H and O–H groups in total. The van der Waals surface area contributed by atoms with E-state index in [1.54, 1.807) is 50.5 Å². The van der Waals surface area contributed by atoms with E-state index in [1.165, 1.54) is 12.1 Å². The van der Waals surface area contributed by atoms with Gasteiger partial charge in [-0.05, 0) is 36.1 Å². The normalized spacial score (nSPS) is 14.7. The van der Waals surface area contributed by atoms with Crippen LogP contribution in [0.3, 0.4) is 0 Å². The fourth-order valence-electron chi connectivity index (χ4n) is 4.38. The highest BCUT2D eigenvalue weighted by molar-refractivity contribution is 5.93. The highest BCUT2D eigenvalue weighted by Crippen LogP contribution is 2.46. The molecule has 35 heavy (non-hydrogen) atoms. The Hall–Kier alpha value is -2.87. The number of hydrogen-bond donors (Lipinski definition) is 2. The highest BCUT2D eigenvalue weighted by Gasteiger charge is 2.56. The van der Waals surface area contributed by atoms with Crippen LogP contribution in [0.1, 0.15) is 52.7 Å². The van der Waals surface area contributed by atoms with Crippen molar-refractivity contribution in [1.82, 2.24) is 4.98 Å². The van der Waals surface area contributed by atoms with Crippen molar-refractivity contribution < 1.29 is 27.4 Å². The van der Waals surface area contributed by atoms with E-state index in [4.69, 9.17) is 4.74 Å². The third-order valence-corrected chi connectivity index (χ3v) is 5.99. The van der Waals surface area contributed by atoms with E-state index in [0.29, 0.717) is 41.0 Å². The molecule has 0 fully saturated rings. The lowest BCUT2D eigenvalue weighted by Crippen LogP contribution is -2.53. The number of anilines is 1. The number of pyridine rings is 1. The predicted molar refractivity (Wildman–Crippen MR) is 133 cm³/mol. The second-order valence-corrected chi connectivity index (χ2v) is 8.89. The summed E-state index contributed by atoms with van der Waals surface area (Å²) < 4.78 is 62.1. The van der Waals surface area contributed by atoms with Gasteiger partial charge in [0, 0.05) is 46.4 Å². The van der Waals surface area contributed by atoms with Gasteiger partial charge in [0.1, 0.15) is 11.6 Å². The first kappa shape index (κ1) is 28.4. The van der Waals surface area contributed by atoms with Gasteiger partial charge in [-0.2, -0.15) is 13.2 Å². The largest absolute Gasteiger partial charge is 0.493 e. The molecule has 0 radical (unpaired) electrons. The molecule has 1 aromatic heterocycles. The lowest BCUT2D eigenvalue weighted by atomic mass is 9.74. The Kier molecular flexibility index (Phi) is 8.76. The Morgan fingerprint density at radius 1 is 1.11 bits per heavy atom. The van der Waals surface area contributed by atoms with E-state index in [2.05, 4.69) is 10.3 Å². The SMILES string of the molecule is C.CC.CC(C)(C[C@](O)(CNc1cccc2cnccc12)C(F)(F)F)c1cc(F)cc2c1OCC2. The number of benzene rings is 2. The monoisotopic (exact) mass is 494 g/mol. The molecule has 1 atom stereocenters. The highest BCUT2D eigenvalue weighted by atomic mass is 19.4. The molecule has 4 rings (SSSR count). The van der Waals surface area contributed by atoms with Crippen LogP contribution >= 0.6 is 0 Å². The minimum Gasteiger partial charge on any atom is -0.493 e. The Morgan fingerprint density at radius 3 is 2.51 bits per heavy atom. The maximum Gasteiger partial charge on any atom is 0.418 e. The van der Waals surface area contributed by atoms with Crippen LogP contribution < -0.4 is 10.1 Å². The molecule has 0 saturated carbocycles. The first-order chi connectivity index (χ1) is 16.0. The van der Waals surface area contributed by atoms with Crippen molar-refractivity contribution in [2.45, 2.75) is 65.2 Å². The van der Waals surface area contributed by atoms with Gasteiger partial charge in [-0.1, -0.05) is 47.3 Å². The van der Waals surface area contributed by atoms with E-state index in [-0.39, 0.29) is 7.43 Å². The smallest absolute Gasteiger partial charge is 0.418 e. The van der Waals surface area contributed by atoms with Gasteiger partial charge in [-0.3, -0.25) is 4.98 Å². The summed E-state index contributed by atoms with van der Waals surface area (Å²) in [7, 11) is 0. The Bertz CT molecular complexity index is 1140. The summed E-state index contributed by atoms with van der Waals surface area (Å²) in [6, 6.07) is 9.40. The van der Waals surface area contributed by atoms with Gasteiger partial charge in [0.05, 0.1) is 13.2 Å². The third kappa shape index (κ3) is 5.86. The van der Waals surface area contributed by atoms with Crippen LogP contribution in [0.25, 0.3) is 10.8 Å². The van der Waals surface area contributed by atoms with Crippen molar-refractivity contribution in [3.05, 3.63) is 65.7 Å². The van der Waals surface area contributed by atoms with Crippen molar-refractivity contribution in [2.75, 3.05) is 18.5 Å². The van der Waals surface area contributed by atoms with Crippen LogP contribution in [0.4, 0.5) is 23.2 Å². The predicted octanol–water partition coefficient (Wildman–Crippen LogP) is 7.04. The summed E-state index contributed by atoms with van der Waals surface area (Å²) >= 11 is 0. The topological polar surface area (TPSA) is 54.4 Å². The van der Waals surface area contributed by atoms with Gasteiger partial charge in [0.2, 0.25) is 0 Å². The van der Waals surface area contributed by atoms with Gasteiger partial charge in [-0.15, -0.1) is 0 Å². The fraction of sp³-hybridized carbons (Fsp3) is 0.444. The molecular weight excluding hydrogens is 460 g/mol. The zero-order chi connectivity index (χ0) is 25.1. The quantitative estimate of drug-likeness (QED) is 0.361. The van der Waals surface area contributed by atoms with E-state index >= 15 is 0 Å². The number of fused-ring (bicyclic) bond motifs is 2. The molecule has 0 spiro atoms. The van der Waals surface area contributed by atoms with Crippen LogP contribution in [0.5, 0.6) is 5.75 Å². The Balaban J connectivity index is 0.00000140. The zero-order valence-electron chi connectivity index (χ0n) is 19.8. The van der Waals surface area contributed by atoms with E-state index < -0.39 is 36.0 Å². The summed E-state index contributed by atoms with van der Waals surface area (Å²) in [5, 5.41) is 15.1. The number of aliphatic hydroxyl groups is 1.